The first-order valence-electron chi connectivity index (χ1n) is 7.51. The third-order valence-electron chi connectivity index (χ3n) is 3.53. The van der Waals surface area contributed by atoms with E-state index in [1.165, 1.54) is 0 Å². The van der Waals surface area contributed by atoms with Crippen molar-refractivity contribution in [3.05, 3.63) is 0 Å². The zero-order valence-electron chi connectivity index (χ0n) is 15.2. The zero-order valence-corrected chi connectivity index (χ0v) is 21.8. The van der Waals surface area contributed by atoms with E-state index >= 15 is 0 Å². The monoisotopic (exact) mass is 632 g/mol. The number of amides is 6. The average Bonchev–Trinajstić information content (AvgIpc) is 2.52. The highest BCUT2D eigenvalue weighted by molar-refractivity contribution is 9.10. The molecular formula is C14H28Br4N4O4. The van der Waals surface area contributed by atoms with Crippen LogP contribution in [0.3, 0.4) is 0 Å². The maximum atomic E-state index is 11.3. The quantitative estimate of drug-likeness (QED) is 0.332. The summed E-state index contributed by atoms with van der Waals surface area (Å²) in [5.41, 5.74) is 9.62. The van der Waals surface area contributed by atoms with Crippen LogP contribution in [0, 0.1) is 0 Å². The molecule has 0 aliphatic rings. The van der Waals surface area contributed by atoms with Crippen LogP contribution in [0.5, 0.6) is 0 Å². The second-order valence-electron chi connectivity index (χ2n) is 4.98. The first-order chi connectivity index (χ1) is 10.9. The van der Waals surface area contributed by atoms with Crippen LogP contribution in [0.4, 0.5) is 9.59 Å². The summed E-state index contributed by atoms with van der Waals surface area (Å²) in [6.07, 6.45) is 2.45. The lowest BCUT2D eigenvalue weighted by molar-refractivity contribution is -0.123. The zero-order chi connectivity index (χ0) is 19.6. The largest absolute Gasteiger partial charge is 0.351 e. The molecule has 0 radical (unpaired) electrons. The van der Waals surface area contributed by atoms with Crippen LogP contribution >= 0.6 is 65.8 Å². The second-order valence-corrected chi connectivity index (χ2v) is 8.02. The van der Waals surface area contributed by atoms with E-state index in [1.807, 2.05) is 38.3 Å². The van der Waals surface area contributed by atoms with E-state index in [0.29, 0.717) is 25.7 Å². The van der Waals surface area contributed by atoms with Crippen LogP contribution in [0.2, 0.25) is 0 Å². The Balaban J connectivity index is -0.000000173. The minimum absolute atomic E-state index is 0. The van der Waals surface area contributed by atoms with Crippen molar-refractivity contribution in [2.45, 2.75) is 62.0 Å². The molecule has 0 spiro atoms. The molecule has 6 amide bonds. The van der Waals surface area contributed by atoms with Crippen LogP contribution in [-0.2, 0) is 9.59 Å². The molecule has 26 heavy (non-hydrogen) atoms. The minimum Gasteiger partial charge on any atom is -0.351 e. The molecule has 156 valence electrons. The number of carbonyl (C=O) groups excluding carboxylic acids is 4. The Hall–Kier alpha value is -0.200. The Bertz CT molecular complexity index is 428. The molecule has 0 aliphatic heterocycles. The molecule has 0 saturated carbocycles. The van der Waals surface area contributed by atoms with Gasteiger partial charge >= 0.3 is 12.1 Å². The van der Waals surface area contributed by atoms with E-state index < -0.39 is 20.7 Å². The van der Waals surface area contributed by atoms with Crippen molar-refractivity contribution in [1.82, 2.24) is 10.6 Å². The van der Waals surface area contributed by atoms with Crippen LogP contribution < -0.4 is 22.1 Å². The fraction of sp³-hybridized carbons (Fsp3) is 0.714. The summed E-state index contributed by atoms with van der Waals surface area (Å²) in [6, 6.07) is -1.63. The van der Waals surface area contributed by atoms with Gasteiger partial charge in [0, 0.05) is 0 Å². The third-order valence-corrected chi connectivity index (χ3v) is 6.49. The van der Waals surface area contributed by atoms with Gasteiger partial charge in [-0.1, -0.05) is 59.6 Å². The molecule has 12 heteroatoms. The number of nitrogens with two attached hydrogens (primary N) is 2. The van der Waals surface area contributed by atoms with Crippen LogP contribution in [0.1, 0.15) is 53.4 Å². The summed E-state index contributed by atoms with van der Waals surface area (Å²) in [6.45, 7) is 7.44. The molecule has 0 unspecified atom stereocenters. The maximum absolute atomic E-state index is 11.3. The first-order valence-corrected chi connectivity index (χ1v) is 9.10. The average molecular weight is 636 g/mol. The number of primary amides is 2. The molecule has 8 nitrogen and oxygen atoms in total. The molecule has 6 N–H and O–H groups in total. The van der Waals surface area contributed by atoms with Crippen molar-refractivity contribution in [2.75, 3.05) is 0 Å². The van der Waals surface area contributed by atoms with E-state index in [1.54, 1.807) is 0 Å². The van der Waals surface area contributed by atoms with E-state index in [4.69, 9.17) is 11.5 Å². The summed E-state index contributed by atoms with van der Waals surface area (Å²) in [5.74, 6) is -0.750. The Morgan fingerprint density at radius 3 is 1.00 bits per heavy atom. The standard InChI is InChI=1S/2C7H13BrN2O2.2BrH/c2*1-3-7(8,4-2)5(11)10-6(9)12;;/h2*3-4H2,1-2H3,(H3,9,10,11,12);2*1H. The number of rotatable bonds is 6. The van der Waals surface area contributed by atoms with Gasteiger partial charge in [-0.05, 0) is 25.7 Å². The molecule has 0 aromatic rings. The summed E-state index contributed by atoms with van der Waals surface area (Å²) < 4.78 is -1.33. The number of hydrogen-bond acceptors (Lipinski definition) is 4. The van der Waals surface area contributed by atoms with Gasteiger partial charge in [-0.2, -0.15) is 0 Å². The van der Waals surface area contributed by atoms with Gasteiger partial charge in [0.25, 0.3) is 0 Å². The van der Waals surface area contributed by atoms with Crippen molar-refractivity contribution in [2.24, 2.45) is 11.5 Å². The Morgan fingerprint density at radius 2 is 0.885 bits per heavy atom. The van der Waals surface area contributed by atoms with Crippen molar-refractivity contribution in [1.29, 1.82) is 0 Å². The number of urea groups is 2. The molecule has 0 aromatic heterocycles. The van der Waals surface area contributed by atoms with Gasteiger partial charge in [-0.15, -0.1) is 34.0 Å². The van der Waals surface area contributed by atoms with Gasteiger partial charge in [-0.3, -0.25) is 20.2 Å². The van der Waals surface area contributed by atoms with Gasteiger partial charge < -0.3 is 11.5 Å². The van der Waals surface area contributed by atoms with Gasteiger partial charge in [-0.25, -0.2) is 9.59 Å². The second kappa shape index (κ2) is 15.8. The lowest BCUT2D eigenvalue weighted by Crippen LogP contribution is -2.46. The predicted molar refractivity (Wildman–Crippen MR) is 121 cm³/mol. The van der Waals surface area contributed by atoms with Crippen LogP contribution in [0.25, 0.3) is 0 Å². The van der Waals surface area contributed by atoms with Crippen molar-refractivity contribution in [3.8, 4) is 0 Å². The molecule has 0 aliphatic carbocycles. The third kappa shape index (κ3) is 12.2. The summed E-state index contributed by atoms with van der Waals surface area (Å²) in [7, 11) is 0. The molecule has 0 bridgehead atoms. The number of halogens is 4. The Kier molecular flexibility index (Phi) is 20.3. The van der Waals surface area contributed by atoms with E-state index in [2.05, 4.69) is 31.9 Å². The topological polar surface area (TPSA) is 144 Å². The SMILES string of the molecule is Br.Br.CCC(Br)(CC)C(=O)NC(N)=O.CCC(Br)(CC)C(=O)NC(N)=O. The molecular weight excluding hydrogens is 608 g/mol. The highest BCUT2D eigenvalue weighted by Crippen LogP contribution is 2.26. The number of carbonyl (C=O) groups is 4. The summed E-state index contributed by atoms with van der Waals surface area (Å²) in [4.78, 5) is 43.3. The molecule has 0 rings (SSSR count). The highest BCUT2D eigenvalue weighted by atomic mass is 79.9. The van der Waals surface area contributed by atoms with Crippen molar-refractivity contribution < 1.29 is 19.2 Å². The van der Waals surface area contributed by atoms with Gasteiger partial charge in [0.15, 0.2) is 0 Å². The van der Waals surface area contributed by atoms with Crippen molar-refractivity contribution in [3.63, 3.8) is 0 Å². The molecule has 0 fully saturated rings. The van der Waals surface area contributed by atoms with E-state index in [9.17, 15) is 19.2 Å². The Labute approximate surface area is 192 Å². The number of nitrogens with one attached hydrogen (secondary N) is 2. The van der Waals surface area contributed by atoms with Crippen LogP contribution in [-0.4, -0.2) is 32.5 Å². The number of alkyl halides is 2. The number of imide groups is 2. The number of hydrogen-bond donors (Lipinski definition) is 4. The van der Waals surface area contributed by atoms with E-state index in [0.717, 1.165) is 0 Å². The van der Waals surface area contributed by atoms with Gasteiger partial charge in [0.2, 0.25) is 11.8 Å². The predicted octanol–water partition coefficient (Wildman–Crippen LogP) is 3.43. The van der Waals surface area contributed by atoms with Crippen LogP contribution in [0.15, 0.2) is 0 Å². The first kappa shape index (κ1) is 33.4. The fourth-order valence-corrected chi connectivity index (χ4v) is 1.79. The molecule has 0 atom stereocenters. The highest BCUT2D eigenvalue weighted by Gasteiger charge is 2.32. The lowest BCUT2D eigenvalue weighted by atomic mass is 10.0. The van der Waals surface area contributed by atoms with Gasteiger partial charge in [0.1, 0.15) is 8.65 Å². The summed E-state index contributed by atoms with van der Waals surface area (Å²) in [5, 5.41) is 4.08. The normalized spacial score (nSPS) is 10.1. The lowest BCUT2D eigenvalue weighted by Gasteiger charge is -2.21. The minimum atomic E-state index is -0.814. The van der Waals surface area contributed by atoms with E-state index in [-0.39, 0.29) is 45.8 Å². The van der Waals surface area contributed by atoms with Crippen molar-refractivity contribution >= 4 is 89.7 Å². The van der Waals surface area contributed by atoms with Gasteiger partial charge in [0.05, 0.1) is 0 Å². The molecule has 0 saturated heterocycles. The maximum Gasteiger partial charge on any atom is 0.318 e. The Morgan fingerprint density at radius 1 is 0.692 bits per heavy atom. The molecule has 0 heterocycles. The molecule has 0 aromatic carbocycles. The smallest absolute Gasteiger partial charge is 0.318 e. The fourth-order valence-electron chi connectivity index (χ4n) is 1.59. The summed E-state index contributed by atoms with van der Waals surface area (Å²) >= 11 is 6.51.